The molecule has 0 nitrogen and oxygen atoms in total. The second-order valence-corrected chi connectivity index (χ2v) is 18.4. The predicted molar refractivity (Wildman–Crippen MR) is 73.1 cm³/mol. The van der Waals surface area contributed by atoms with Crippen molar-refractivity contribution in [1.29, 1.82) is 0 Å². The lowest BCUT2D eigenvalue weighted by Crippen LogP contribution is -2.31. The highest BCUT2D eigenvalue weighted by atomic mass is 79.9. The Balaban J connectivity index is 2.78. The Morgan fingerprint density at radius 1 is 0.929 bits per heavy atom. The van der Waals surface area contributed by atoms with Gasteiger partial charge < -0.3 is 0 Å². The highest BCUT2D eigenvalue weighted by Gasteiger charge is 2.23. The van der Waals surface area contributed by atoms with Gasteiger partial charge in [0.05, 0.1) is 0 Å². The summed E-state index contributed by atoms with van der Waals surface area (Å²) in [5, 5.41) is 2.48. The summed E-state index contributed by atoms with van der Waals surface area (Å²) in [5.74, 6) is 0. The van der Waals surface area contributed by atoms with Crippen LogP contribution in [0.1, 0.15) is 0 Å². The molecule has 72 valence electrons. The van der Waals surface area contributed by atoms with E-state index in [1.165, 1.54) is 16.0 Å². The monoisotopic (exact) mass is 328 g/mol. The van der Waals surface area contributed by atoms with Gasteiger partial charge in [-0.1, -0.05) is 42.5 Å². The third kappa shape index (κ3) is 1.95. The van der Waals surface area contributed by atoms with Crippen LogP contribution in [-0.4, -0.2) is 5.31 Å². The number of halogens is 2. The molecule has 0 fully saturated rings. The summed E-state index contributed by atoms with van der Waals surface area (Å²) in [6.07, 6.45) is 0. The third-order valence-electron chi connectivity index (χ3n) is 2.26. The molecule has 2 rings (SSSR count). The van der Waals surface area contributed by atoms with Gasteiger partial charge in [-0.2, -0.15) is 0 Å². The van der Waals surface area contributed by atoms with E-state index in [4.69, 9.17) is 0 Å². The van der Waals surface area contributed by atoms with Crippen LogP contribution in [-0.2, 0) is 0 Å². The molecule has 0 aliphatic rings. The van der Waals surface area contributed by atoms with E-state index in [0.29, 0.717) is 0 Å². The van der Waals surface area contributed by atoms with Gasteiger partial charge in [0.15, 0.2) is 0 Å². The number of hydrogen-bond donors (Lipinski definition) is 0. The minimum Gasteiger partial charge on any atom is -0.105 e. The maximum absolute atomic E-state index is 3.76. The van der Waals surface area contributed by atoms with Gasteiger partial charge in [-0.3, -0.25) is 0 Å². The van der Waals surface area contributed by atoms with Crippen molar-refractivity contribution in [2.75, 3.05) is 0 Å². The summed E-state index contributed by atoms with van der Waals surface area (Å²) >= 11 is 7.53. The summed E-state index contributed by atoms with van der Waals surface area (Å²) in [4.78, 5) is 0. The molecule has 2 aromatic rings. The van der Waals surface area contributed by atoms with E-state index in [0.717, 1.165) is 0 Å². The van der Waals surface area contributed by atoms with Crippen LogP contribution < -0.4 is 5.19 Å². The minimum absolute atomic E-state index is 1.31. The van der Waals surface area contributed by atoms with Crippen molar-refractivity contribution in [2.24, 2.45) is 0 Å². The zero-order valence-electron chi connectivity index (χ0n) is 7.80. The van der Waals surface area contributed by atoms with Gasteiger partial charge >= 0.3 is 0 Å². The molecule has 0 aliphatic carbocycles. The molecule has 0 atom stereocenters. The Morgan fingerprint density at radius 3 is 2.29 bits per heavy atom. The largest absolute Gasteiger partial charge is 0.228 e. The van der Waals surface area contributed by atoms with E-state index in [2.05, 4.69) is 79.6 Å². The molecule has 0 N–H and O–H groups in total. The van der Waals surface area contributed by atoms with Crippen LogP contribution in [0.2, 0.25) is 6.55 Å². The highest BCUT2D eigenvalue weighted by molar-refractivity contribution is 9.51. The van der Waals surface area contributed by atoms with Crippen LogP contribution in [0.5, 0.6) is 0 Å². The summed E-state index contributed by atoms with van der Waals surface area (Å²) < 4.78 is 0. The van der Waals surface area contributed by atoms with Gasteiger partial charge in [0.2, 0.25) is 5.31 Å². The molecule has 14 heavy (non-hydrogen) atoms. The Hall–Kier alpha value is -0.123. The van der Waals surface area contributed by atoms with Crippen LogP contribution in [0.3, 0.4) is 0 Å². The summed E-state index contributed by atoms with van der Waals surface area (Å²) in [7, 11) is 0. The summed E-state index contributed by atoms with van der Waals surface area (Å²) in [6.45, 7) is 2.23. The zero-order chi connectivity index (χ0) is 10.2. The fourth-order valence-corrected chi connectivity index (χ4v) is 4.77. The maximum Gasteiger partial charge on any atom is 0.228 e. The van der Waals surface area contributed by atoms with Gasteiger partial charge in [0, 0.05) is 0 Å². The van der Waals surface area contributed by atoms with Crippen molar-refractivity contribution in [2.45, 2.75) is 6.55 Å². The van der Waals surface area contributed by atoms with Crippen LogP contribution in [0.25, 0.3) is 10.8 Å². The molecule has 0 spiro atoms. The second kappa shape index (κ2) is 3.80. The van der Waals surface area contributed by atoms with Crippen molar-refractivity contribution in [3.63, 3.8) is 0 Å². The average molecular weight is 330 g/mol. The quantitative estimate of drug-likeness (QED) is 0.549. The maximum atomic E-state index is 3.76. The Bertz CT molecular complexity index is 455. The lowest BCUT2D eigenvalue weighted by molar-refractivity contribution is 1.78. The zero-order valence-corrected chi connectivity index (χ0v) is 12.0. The van der Waals surface area contributed by atoms with E-state index in [1.54, 1.807) is 0 Å². The van der Waals surface area contributed by atoms with E-state index in [1.807, 2.05) is 0 Å². The predicted octanol–water partition coefficient (Wildman–Crippen LogP) is 3.91. The van der Waals surface area contributed by atoms with Crippen molar-refractivity contribution in [3.05, 3.63) is 42.5 Å². The number of hydrogen-bond acceptors (Lipinski definition) is 0. The smallest absolute Gasteiger partial charge is 0.105 e. The van der Waals surface area contributed by atoms with E-state index < -0.39 is 5.31 Å². The van der Waals surface area contributed by atoms with Gasteiger partial charge in [-0.05, 0) is 22.5 Å². The molecule has 0 heterocycles. The van der Waals surface area contributed by atoms with Gasteiger partial charge in [0.25, 0.3) is 0 Å². The van der Waals surface area contributed by atoms with Crippen LogP contribution in [0.4, 0.5) is 0 Å². The number of fused-ring (bicyclic) bond motifs is 1. The molecule has 0 radical (unpaired) electrons. The molecule has 0 bridgehead atoms. The normalized spacial score (nSPS) is 11.9. The molecule has 0 saturated carbocycles. The lowest BCUT2D eigenvalue weighted by Gasteiger charge is -2.14. The van der Waals surface area contributed by atoms with Gasteiger partial charge in [-0.15, -0.1) is 30.6 Å². The molecule has 3 heteroatoms. The Kier molecular flexibility index (Phi) is 2.82. The number of rotatable bonds is 1. The van der Waals surface area contributed by atoms with Crippen LogP contribution in [0.15, 0.2) is 42.5 Å². The molecule has 0 aromatic heterocycles. The van der Waals surface area contributed by atoms with Crippen molar-refractivity contribution >= 4 is 51.9 Å². The first kappa shape index (κ1) is 10.4. The first-order chi connectivity index (χ1) is 6.59. The Labute approximate surface area is 100 Å². The average Bonchev–Trinajstić information content (AvgIpc) is 2.15. The van der Waals surface area contributed by atoms with Gasteiger partial charge in [-0.25, -0.2) is 0 Å². The topological polar surface area (TPSA) is 0 Å². The molecular formula is C11H10Br2Si. The minimum atomic E-state index is -1.57. The molecule has 0 saturated heterocycles. The first-order valence-electron chi connectivity index (χ1n) is 4.45. The molecular weight excluding hydrogens is 320 g/mol. The SMILES string of the molecule is C[Si](Br)(Br)c1cccc2ccccc12. The molecule has 2 aromatic carbocycles. The van der Waals surface area contributed by atoms with E-state index >= 15 is 0 Å². The van der Waals surface area contributed by atoms with Crippen LogP contribution >= 0.6 is 30.6 Å². The second-order valence-electron chi connectivity index (χ2n) is 3.42. The summed E-state index contributed by atoms with van der Waals surface area (Å²) in [5.41, 5.74) is 0. The standard InChI is InChI=1S/C11H10Br2Si/c1-14(12,13)11-8-4-6-9-5-2-3-7-10(9)11/h2-8H,1H3. The molecule has 0 unspecified atom stereocenters. The fourth-order valence-electron chi connectivity index (χ4n) is 1.61. The van der Waals surface area contributed by atoms with Crippen molar-refractivity contribution in [3.8, 4) is 0 Å². The Morgan fingerprint density at radius 2 is 1.57 bits per heavy atom. The number of benzene rings is 2. The molecule has 0 aliphatic heterocycles. The third-order valence-corrected chi connectivity index (χ3v) is 6.21. The summed E-state index contributed by atoms with van der Waals surface area (Å²) in [6, 6.07) is 15.0. The molecule has 0 amide bonds. The van der Waals surface area contributed by atoms with Gasteiger partial charge in [0.1, 0.15) is 0 Å². The van der Waals surface area contributed by atoms with Crippen LogP contribution in [0, 0.1) is 0 Å². The van der Waals surface area contributed by atoms with Crippen molar-refractivity contribution in [1.82, 2.24) is 0 Å². The first-order valence-corrected chi connectivity index (χ1v) is 11.5. The lowest BCUT2D eigenvalue weighted by atomic mass is 10.1. The fraction of sp³-hybridized carbons (Fsp3) is 0.0909. The van der Waals surface area contributed by atoms with E-state index in [-0.39, 0.29) is 0 Å². The highest BCUT2D eigenvalue weighted by Crippen LogP contribution is 2.23. The van der Waals surface area contributed by atoms with Crippen molar-refractivity contribution < 1.29 is 0 Å². The van der Waals surface area contributed by atoms with E-state index in [9.17, 15) is 0 Å².